The first-order valence-corrected chi connectivity index (χ1v) is 9.97. The lowest BCUT2D eigenvalue weighted by Gasteiger charge is -2.32. The van der Waals surface area contributed by atoms with Crippen LogP contribution < -0.4 is 4.74 Å². The number of imide groups is 1. The second-order valence-electron chi connectivity index (χ2n) is 7.36. The molecule has 0 aliphatic carbocycles. The third-order valence-corrected chi connectivity index (χ3v) is 5.51. The molecule has 7 nitrogen and oxygen atoms in total. The van der Waals surface area contributed by atoms with Gasteiger partial charge in [0.25, 0.3) is 11.8 Å². The molecule has 1 saturated heterocycles. The van der Waals surface area contributed by atoms with Crippen molar-refractivity contribution in [2.45, 2.75) is 12.3 Å². The van der Waals surface area contributed by atoms with Gasteiger partial charge in [-0.1, -0.05) is 18.2 Å². The third-order valence-electron chi connectivity index (χ3n) is 5.51. The molecule has 0 unspecified atom stereocenters. The predicted molar refractivity (Wildman–Crippen MR) is 114 cm³/mol. The molecule has 2 aliphatic heterocycles. The van der Waals surface area contributed by atoms with Gasteiger partial charge in [-0.2, -0.15) is 0 Å². The van der Waals surface area contributed by atoms with Crippen LogP contribution in [0, 0.1) is 0 Å². The molecule has 0 bridgehead atoms. The van der Waals surface area contributed by atoms with E-state index in [4.69, 9.17) is 14.2 Å². The fourth-order valence-electron chi connectivity index (χ4n) is 3.91. The lowest BCUT2D eigenvalue weighted by Crippen LogP contribution is -2.49. The van der Waals surface area contributed by atoms with E-state index in [2.05, 4.69) is 4.98 Å². The van der Waals surface area contributed by atoms with Crippen LogP contribution >= 0.6 is 0 Å². The van der Waals surface area contributed by atoms with Crippen LogP contribution in [-0.4, -0.2) is 54.4 Å². The molecule has 3 heterocycles. The molecule has 0 N–H and O–H groups in total. The van der Waals surface area contributed by atoms with Gasteiger partial charge in [0.15, 0.2) is 6.29 Å². The Morgan fingerprint density at radius 1 is 1.03 bits per heavy atom. The SMILES string of the molecule is COc1ccc2nccc(C=CC3OCC(N4C(=O)c5ccccc5C4=O)CO3)c2c1. The molecule has 0 saturated carbocycles. The molecular formula is C24H20N2O5. The summed E-state index contributed by atoms with van der Waals surface area (Å²) in [5, 5.41) is 0.956. The summed E-state index contributed by atoms with van der Waals surface area (Å²) in [5.41, 5.74) is 2.67. The van der Waals surface area contributed by atoms with Crippen molar-refractivity contribution in [1.82, 2.24) is 9.88 Å². The highest BCUT2D eigenvalue weighted by atomic mass is 16.7. The molecule has 7 heteroatoms. The first kappa shape index (κ1) is 19.4. The van der Waals surface area contributed by atoms with E-state index in [9.17, 15) is 9.59 Å². The van der Waals surface area contributed by atoms with Gasteiger partial charge in [0.2, 0.25) is 0 Å². The van der Waals surface area contributed by atoms with E-state index in [1.54, 1.807) is 37.6 Å². The van der Waals surface area contributed by atoms with Gasteiger partial charge in [-0.05, 0) is 48.0 Å². The third kappa shape index (κ3) is 3.48. The molecule has 0 spiro atoms. The van der Waals surface area contributed by atoms with Crippen molar-refractivity contribution in [3.8, 4) is 5.75 Å². The summed E-state index contributed by atoms with van der Waals surface area (Å²) in [6.07, 6.45) is 4.90. The monoisotopic (exact) mass is 416 g/mol. The van der Waals surface area contributed by atoms with E-state index in [1.165, 1.54) is 4.90 Å². The number of fused-ring (bicyclic) bond motifs is 2. The van der Waals surface area contributed by atoms with E-state index >= 15 is 0 Å². The molecule has 1 fully saturated rings. The molecule has 0 atom stereocenters. The minimum absolute atomic E-state index is 0.214. The van der Waals surface area contributed by atoms with Crippen LogP contribution in [0.15, 0.2) is 60.8 Å². The Kier molecular flexibility index (Phi) is 4.97. The molecule has 156 valence electrons. The quantitative estimate of drug-likeness (QED) is 0.608. The minimum atomic E-state index is -0.569. The van der Waals surface area contributed by atoms with Crippen molar-refractivity contribution >= 4 is 28.8 Å². The summed E-state index contributed by atoms with van der Waals surface area (Å²) in [6.45, 7) is 0.427. The minimum Gasteiger partial charge on any atom is -0.497 e. The normalized spacial score (nSPS) is 21.1. The summed E-state index contributed by atoms with van der Waals surface area (Å²) < 4.78 is 16.9. The van der Waals surface area contributed by atoms with Crippen molar-refractivity contribution < 1.29 is 23.8 Å². The molecule has 31 heavy (non-hydrogen) atoms. The first-order valence-electron chi connectivity index (χ1n) is 9.97. The first-order chi connectivity index (χ1) is 15.2. The number of hydrogen-bond donors (Lipinski definition) is 0. The maximum Gasteiger partial charge on any atom is 0.261 e. The Bertz CT molecular complexity index is 1160. The van der Waals surface area contributed by atoms with E-state index in [1.807, 2.05) is 36.4 Å². The van der Waals surface area contributed by atoms with Gasteiger partial charge in [0.05, 0.1) is 43.0 Å². The standard InChI is InChI=1S/C24H20N2O5/c1-29-17-7-8-21-20(12-17)15(10-11-25-21)6-9-22-30-13-16(14-31-22)26-23(27)18-4-2-3-5-19(18)24(26)28/h2-12,16,22H,13-14H2,1H3. The highest BCUT2D eigenvalue weighted by Crippen LogP contribution is 2.27. The average molecular weight is 416 g/mol. The van der Waals surface area contributed by atoms with Crippen LogP contribution in [0.3, 0.4) is 0 Å². The number of hydrogen-bond acceptors (Lipinski definition) is 6. The highest BCUT2D eigenvalue weighted by Gasteiger charge is 2.41. The summed E-state index contributed by atoms with van der Waals surface area (Å²) in [7, 11) is 1.63. The lowest BCUT2D eigenvalue weighted by molar-refractivity contribution is -0.171. The van der Waals surface area contributed by atoms with Gasteiger partial charge in [-0.3, -0.25) is 19.5 Å². The van der Waals surface area contributed by atoms with E-state index in [-0.39, 0.29) is 25.0 Å². The zero-order chi connectivity index (χ0) is 21.4. The predicted octanol–water partition coefficient (Wildman–Crippen LogP) is 3.29. The number of carbonyl (C=O) groups is 2. The van der Waals surface area contributed by atoms with Crippen LogP contribution in [0.2, 0.25) is 0 Å². The summed E-state index contributed by atoms with van der Waals surface area (Å²) in [4.78, 5) is 30.9. The van der Waals surface area contributed by atoms with Crippen molar-refractivity contribution in [3.63, 3.8) is 0 Å². The maximum atomic E-state index is 12.6. The smallest absolute Gasteiger partial charge is 0.261 e. The van der Waals surface area contributed by atoms with Crippen molar-refractivity contribution in [1.29, 1.82) is 0 Å². The van der Waals surface area contributed by atoms with Crippen LogP contribution in [0.1, 0.15) is 26.3 Å². The second-order valence-corrected chi connectivity index (χ2v) is 7.36. The van der Waals surface area contributed by atoms with Crippen molar-refractivity contribution in [2.24, 2.45) is 0 Å². The Labute approximate surface area is 178 Å². The maximum absolute atomic E-state index is 12.6. The van der Waals surface area contributed by atoms with Gasteiger partial charge in [-0.15, -0.1) is 0 Å². The number of pyridine rings is 1. The van der Waals surface area contributed by atoms with Crippen LogP contribution in [-0.2, 0) is 9.47 Å². The van der Waals surface area contributed by atoms with Crippen molar-refractivity contribution in [2.75, 3.05) is 20.3 Å². The topological polar surface area (TPSA) is 78.0 Å². The van der Waals surface area contributed by atoms with Gasteiger partial charge in [0, 0.05) is 11.6 Å². The van der Waals surface area contributed by atoms with Gasteiger partial charge >= 0.3 is 0 Å². The fraction of sp³-hybridized carbons (Fsp3) is 0.208. The number of methoxy groups -OCH3 is 1. The van der Waals surface area contributed by atoms with Gasteiger partial charge < -0.3 is 14.2 Å². The second kappa shape index (κ2) is 7.94. The molecular weight excluding hydrogens is 396 g/mol. The average Bonchev–Trinajstić information content (AvgIpc) is 3.08. The molecule has 5 rings (SSSR count). The Morgan fingerprint density at radius 2 is 1.74 bits per heavy atom. The van der Waals surface area contributed by atoms with E-state index in [0.717, 1.165) is 22.2 Å². The molecule has 2 amide bonds. The molecule has 2 aliphatic rings. The number of rotatable bonds is 4. The molecule has 2 aromatic carbocycles. The Hall–Kier alpha value is -3.55. The number of benzene rings is 2. The number of amides is 2. The zero-order valence-corrected chi connectivity index (χ0v) is 16.9. The van der Waals surface area contributed by atoms with Crippen LogP contribution in [0.5, 0.6) is 5.75 Å². The van der Waals surface area contributed by atoms with Gasteiger partial charge in [-0.25, -0.2) is 0 Å². The summed E-state index contributed by atoms with van der Waals surface area (Å²) in [5.74, 6) is 0.150. The number of aromatic nitrogens is 1. The van der Waals surface area contributed by atoms with Crippen LogP contribution in [0.4, 0.5) is 0 Å². The van der Waals surface area contributed by atoms with Gasteiger partial charge in [0.1, 0.15) is 5.75 Å². The number of nitrogens with zero attached hydrogens (tertiary/aromatic N) is 2. The number of carbonyl (C=O) groups excluding carboxylic acids is 2. The lowest BCUT2D eigenvalue weighted by atomic mass is 10.1. The van der Waals surface area contributed by atoms with Crippen molar-refractivity contribution in [3.05, 3.63) is 77.5 Å². The van der Waals surface area contributed by atoms with E-state index < -0.39 is 12.3 Å². The Morgan fingerprint density at radius 3 is 2.42 bits per heavy atom. The highest BCUT2D eigenvalue weighted by molar-refractivity contribution is 6.21. The molecule has 0 radical (unpaired) electrons. The van der Waals surface area contributed by atoms with Crippen LogP contribution in [0.25, 0.3) is 17.0 Å². The van der Waals surface area contributed by atoms with E-state index in [0.29, 0.717) is 11.1 Å². The fourth-order valence-corrected chi connectivity index (χ4v) is 3.91. The zero-order valence-electron chi connectivity index (χ0n) is 16.9. The number of ether oxygens (including phenoxy) is 3. The largest absolute Gasteiger partial charge is 0.497 e. The molecule has 3 aromatic rings. The summed E-state index contributed by atoms with van der Waals surface area (Å²) in [6, 6.07) is 14.0. The summed E-state index contributed by atoms with van der Waals surface area (Å²) >= 11 is 0. The molecule has 1 aromatic heterocycles. The Balaban J connectivity index is 1.28.